The molecule has 0 aliphatic carbocycles. The van der Waals surface area contributed by atoms with Crippen molar-refractivity contribution in [1.29, 1.82) is 0 Å². The number of hydrogen-bond donors (Lipinski definition) is 1. The fraction of sp³-hybridized carbons (Fsp3) is 0.333. The average molecular weight is 568 g/mol. The van der Waals surface area contributed by atoms with Crippen molar-refractivity contribution >= 4 is 27.5 Å². The third-order valence-electron chi connectivity index (χ3n) is 6.35. The number of anilines is 1. The molecule has 1 N–H and O–H groups in total. The van der Waals surface area contributed by atoms with Gasteiger partial charge in [0, 0.05) is 25.6 Å². The molecule has 9 nitrogen and oxygen atoms in total. The Kier molecular flexibility index (Phi) is 11.0. The molecular formula is C30H37N3O6S. The molecule has 0 heterocycles. The number of hydrogen-bond acceptors (Lipinski definition) is 6. The van der Waals surface area contributed by atoms with Gasteiger partial charge in [0.1, 0.15) is 24.1 Å². The van der Waals surface area contributed by atoms with Crippen molar-refractivity contribution in [2.45, 2.75) is 32.4 Å². The highest BCUT2D eigenvalue weighted by molar-refractivity contribution is 7.92. The van der Waals surface area contributed by atoms with E-state index in [0.29, 0.717) is 12.3 Å². The van der Waals surface area contributed by atoms with Gasteiger partial charge < -0.3 is 19.7 Å². The molecule has 3 rings (SSSR count). The van der Waals surface area contributed by atoms with E-state index in [0.717, 1.165) is 28.1 Å². The van der Waals surface area contributed by atoms with Gasteiger partial charge in [-0.1, -0.05) is 67.6 Å². The molecule has 0 saturated carbocycles. The maximum Gasteiger partial charge on any atom is 0.244 e. The molecule has 0 unspecified atom stereocenters. The van der Waals surface area contributed by atoms with Crippen LogP contribution in [0, 0.1) is 0 Å². The third kappa shape index (κ3) is 8.22. The molecule has 2 amide bonds. The molecule has 0 spiro atoms. The molecule has 0 aliphatic rings. The molecular weight excluding hydrogens is 530 g/mol. The zero-order valence-electron chi connectivity index (χ0n) is 23.4. The summed E-state index contributed by atoms with van der Waals surface area (Å²) in [6.07, 6.45) is 2.01. The van der Waals surface area contributed by atoms with E-state index >= 15 is 0 Å². The van der Waals surface area contributed by atoms with Gasteiger partial charge in [-0.15, -0.1) is 0 Å². The summed E-state index contributed by atoms with van der Waals surface area (Å²) in [5.41, 5.74) is 1.84. The van der Waals surface area contributed by atoms with Gasteiger partial charge in [-0.2, -0.15) is 0 Å². The zero-order chi connectivity index (χ0) is 29.1. The van der Waals surface area contributed by atoms with Gasteiger partial charge in [0.15, 0.2) is 0 Å². The summed E-state index contributed by atoms with van der Waals surface area (Å²) in [5, 5.41) is 2.92. The first-order valence-electron chi connectivity index (χ1n) is 13.0. The Hall–Kier alpha value is -4.05. The standard InChI is InChI=1S/C30H37N3O6S/c1-5-18-31-30(35)27(19-23-12-8-6-9-13-23)32(21-24-14-10-7-11-15-24)29(34)22-33(40(4,36)37)26-20-25(38-2)16-17-28(26)39-3/h6-17,20,27H,5,18-19,21-22H2,1-4H3,(H,31,35)/t27-/m1/s1. The molecule has 0 fully saturated rings. The van der Waals surface area contributed by atoms with E-state index in [1.807, 2.05) is 67.6 Å². The van der Waals surface area contributed by atoms with E-state index in [2.05, 4.69) is 5.32 Å². The number of ether oxygens (including phenoxy) is 2. The van der Waals surface area contributed by atoms with Crippen LogP contribution in [-0.2, 0) is 32.6 Å². The fourth-order valence-electron chi connectivity index (χ4n) is 4.29. The Labute approximate surface area is 236 Å². The van der Waals surface area contributed by atoms with Gasteiger partial charge in [-0.3, -0.25) is 13.9 Å². The number of benzene rings is 3. The second kappa shape index (κ2) is 14.4. The van der Waals surface area contributed by atoms with Gasteiger partial charge in [-0.25, -0.2) is 8.42 Å². The summed E-state index contributed by atoms with van der Waals surface area (Å²) in [6, 6.07) is 22.6. The Balaban J connectivity index is 2.07. The van der Waals surface area contributed by atoms with Crippen LogP contribution in [0.2, 0.25) is 0 Å². The van der Waals surface area contributed by atoms with Crippen molar-refractivity contribution < 1.29 is 27.5 Å². The molecule has 40 heavy (non-hydrogen) atoms. The number of carbonyl (C=O) groups is 2. The molecule has 3 aromatic rings. The van der Waals surface area contributed by atoms with Crippen LogP contribution < -0.4 is 19.1 Å². The molecule has 0 bridgehead atoms. The summed E-state index contributed by atoms with van der Waals surface area (Å²) in [5.74, 6) is -0.180. The Bertz CT molecular complexity index is 1370. The smallest absolute Gasteiger partial charge is 0.244 e. The second-order valence-electron chi connectivity index (χ2n) is 9.31. The van der Waals surface area contributed by atoms with Gasteiger partial charge in [0.2, 0.25) is 21.8 Å². The second-order valence-corrected chi connectivity index (χ2v) is 11.2. The number of methoxy groups -OCH3 is 2. The first kappa shape index (κ1) is 30.5. The quantitative estimate of drug-likeness (QED) is 0.319. The number of rotatable bonds is 14. The van der Waals surface area contributed by atoms with Gasteiger partial charge >= 0.3 is 0 Å². The van der Waals surface area contributed by atoms with E-state index in [-0.39, 0.29) is 30.3 Å². The van der Waals surface area contributed by atoms with Crippen molar-refractivity contribution in [2.24, 2.45) is 0 Å². The predicted octanol–water partition coefficient (Wildman–Crippen LogP) is 3.64. The maximum atomic E-state index is 14.1. The fourth-order valence-corrected chi connectivity index (χ4v) is 5.13. The van der Waals surface area contributed by atoms with E-state index in [4.69, 9.17) is 9.47 Å². The lowest BCUT2D eigenvalue weighted by molar-refractivity contribution is -0.140. The lowest BCUT2D eigenvalue weighted by Crippen LogP contribution is -2.53. The minimum Gasteiger partial charge on any atom is -0.497 e. The number of carbonyl (C=O) groups excluding carboxylic acids is 2. The lowest BCUT2D eigenvalue weighted by Gasteiger charge is -2.33. The molecule has 214 valence electrons. The van der Waals surface area contributed by atoms with Crippen molar-refractivity contribution in [3.63, 3.8) is 0 Å². The number of nitrogens with zero attached hydrogens (tertiary/aromatic N) is 2. The van der Waals surface area contributed by atoms with Crippen molar-refractivity contribution in [1.82, 2.24) is 10.2 Å². The van der Waals surface area contributed by atoms with Crippen molar-refractivity contribution in [3.8, 4) is 11.5 Å². The van der Waals surface area contributed by atoms with Crippen LogP contribution in [0.5, 0.6) is 11.5 Å². The molecule has 0 aliphatic heterocycles. The topological polar surface area (TPSA) is 105 Å². The monoisotopic (exact) mass is 567 g/mol. The Morgan fingerprint density at radius 1 is 0.900 bits per heavy atom. The first-order valence-corrected chi connectivity index (χ1v) is 14.9. The predicted molar refractivity (Wildman–Crippen MR) is 156 cm³/mol. The molecule has 0 aromatic heterocycles. The van der Waals surface area contributed by atoms with E-state index < -0.39 is 28.5 Å². The largest absolute Gasteiger partial charge is 0.497 e. The number of sulfonamides is 1. The van der Waals surface area contributed by atoms with Gasteiger partial charge in [-0.05, 0) is 29.7 Å². The highest BCUT2D eigenvalue weighted by Gasteiger charge is 2.33. The average Bonchev–Trinajstić information content (AvgIpc) is 2.96. The summed E-state index contributed by atoms with van der Waals surface area (Å²) in [7, 11) is -1.06. The highest BCUT2D eigenvalue weighted by atomic mass is 32.2. The summed E-state index contributed by atoms with van der Waals surface area (Å²) < 4.78 is 37.8. The van der Waals surface area contributed by atoms with Crippen LogP contribution in [0.4, 0.5) is 5.69 Å². The van der Waals surface area contributed by atoms with Crippen LogP contribution in [0.25, 0.3) is 0 Å². The number of nitrogens with one attached hydrogen (secondary N) is 1. The van der Waals surface area contributed by atoms with Crippen LogP contribution in [0.1, 0.15) is 24.5 Å². The molecule has 0 radical (unpaired) electrons. The van der Waals surface area contributed by atoms with Crippen LogP contribution >= 0.6 is 0 Å². The van der Waals surface area contributed by atoms with E-state index in [1.165, 1.54) is 25.2 Å². The maximum absolute atomic E-state index is 14.1. The van der Waals surface area contributed by atoms with Crippen LogP contribution in [0.3, 0.4) is 0 Å². The SMILES string of the molecule is CCCNC(=O)[C@@H](Cc1ccccc1)N(Cc1ccccc1)C(=O)CN(c1cc(OC)ccc1OC)S(C)(=O)=O. The molecule has 0 saturated heterocycles. The van der Waals surface area contributed by atoms with E-state index in [9.17, 15) is 18.0 Å². The third-order valence-corrected chi connectivity index (χ3v) is 7.48. The van der Waals surface area contributed by atoms with E-state index in [1.54, 1.807) is 12.1 Å². The minimum absolute atomic E-state index is 0.115. The van der Waals surface area contributed by atoms with Gasteiger partial charge in [0.05, 0.1) is 26.2 Å². The minimum atomic E-state index is -3.95. The molecule has 10 heteroatoms. The molecule has 1 atom stereocenters. The Morgan fingerprint density at radius 3 is 2.08 bits per heavy atom. The zero-order valence-corrected chi connectivity index (χ0v) is 24.2. The first-order chi connectivity index (χ1) is 19.2. The number of amides is 2. The van der Waals surface area contributed by atoms with Crippen LogP contribution in [0.15, 0.2) is 78.9 Å². The van der Waals surface area contributed by atoms with Crippen LogP contribution in [-0.4, -0.2) is 64.7 Å². The van der Waals surface area contributed by atoms with Crippen molar-refractivity contribution in [2.75, 3.05) is 37.9 Å². The highest BCUT2D eigenvalue weighted by Crippen LogP contribution is 2.34. The normalized spacial score (nSPS) is 11.8. The van der Waals surface area contributed by atoms with Gasteiger partial charge in [0.25, 0.3) is 0 Å². The summed E-state index contributed by atoms with van der Waals surface area (Å²) in [6.45, 7) is 1.98. The summed E-state index contributed by atoms with van der Waals surface area (Å²) in [4.78, 5) is 29.1. The van der Waals surface area contributed by atoms with Crippen molar-refractivity contribution in [3.05, 3.63) is 90.0 Å². The summed E-state index contributed by atoms with van der Waals surface area (Å²) >= 11 is 0. The molecule has 3 aromatic carbocycles. The Morgan fingerprint density at radius 2 is 1.52 bits per heavy atom. The lowest BCUT2D eigenvalue weighted by atomic mass is 10.0.